The zero-order valence-electron chi connectivity index (χ0n) is 7.16. The second kappa shape index (κ2) is 5.75. The van der Waals surface area contributed by atoms with E-state index in [0.717, 1.165) is 12.8 Å². The van der Waals surface area contributed by atoms with Crippen molar-refractivity contribution in [1.82, 2.24) is 0 Å². The van der Waals surface area contributed by atoms with E-state index in [0.29, 0.717) is 17.3 Å². The van der Waals surface area contributed by atoms with E-state index >= 15 is 0 Å². The SMILES string of the molecule is O=C(O)CCCC[SH]1CCSC1. The van der Waals surface area contributed by atoms with Crippen molar-refractivity contribution in [2.75, 3.05) is 22.3 Å². The molecule has 72 valence electrons. The lowest BCUT2D eigenvalue weighted by molar-refractivity contribution is -0.137. The van der Waals surface area contributed by atoms with Crippen molar-refractivity contribution in [1.29, 1.82) is 0 Å². The van der Waals surface area contributed by atoms with Crippen LogP contribution < -0.4 is 0 Å². The second-order valence-electron chi connectivity index (χ2n) is 3.01. The molecular formula is C8H16O2S2. The van der Waals surface area contributed by atoms with Crippen LogP contribution in [0.1, 0.15) is 19.3 Å². The fraction of sp³-hybridized carbons (Fsp3) is 0.875. The Morgan fingerprint density at radius 3 is 2.92 bits per heavy atom. The van der Waals surface area contributed by atoms with Gasteiger partial charge in [-0.25, -0.2) is 10.9 Å². The first kappa shape index (κ1) is 10.3. The average Bonchev–Trinajstić information content (AvgIpc) is 2.49. The van der Waals surface area contributed by atoms with Gasteiger partial charge in [0.05, 0.1) is 0 Å². The standard InChI is InChI=1S/C8H16O2S2/c9-8(10)3-1-2-5-12-6-4-11-7-12/h12H,1-7H2,(H,9,10). The first-order valence-electron chi connectivity index (χ1n) is 4.31. The van der Waals surface area contributed by atoms with E-state index in [1.54, 1.807) is 0 Å². The van der Waals surface area contributed by atoms with Crippen LogP contribution in [-0.2, 0) is 4.79 Å². The first-order valence-corrected chi connectivity index (χ1v) is 7.36. The molecule has 0 aromatic carbocycles. The third-order valence-corrected chi connectivity index (χ3v) is 6.73. The normalized spacial score (nSPS) is 25.8. The Kier molecular flexibility index (Phi) is 4.92. The van der Waals surface area contributed by atoms with Crippen molar-refractivity contribution in [3.8, 4) is 0 Å². The number of rotatable bonds is 5. The van der Waals surface area contributed by atoms with Crippen LogP contribution in [0.3, 0.4) is 0 Å². The number of unbranched alkanes of at least 4 members (excludes halogenated alkanes) is 1. The van der Waals surface area contributed by atoms with Gasteiger partial charge in [0.25, 0.3) is 0 Å². The lowest BCUT2D eigenvalue weighted by Gasteiger charge is -2.11. The highest BCUT2D eigenvalue weighted by atomic mass is 32.2. The molecule has 0 spiro atoms. The van der Waals surface area contributed by atoms with Crippen LogP contribution in [0.4, 0.5) is 0 Å². The van der Waals surface area contributed by atoms with Crippen LogP contribution in [0.25, 0.3) is 0 Å². The summed E-state index contributed by atoms with van der Waals surface area (Å²) in [6.45, 7) is 0. The molecule has 1 unspecified atom stereocenters. The van der Waals surface area contributed by atoms with Gasteiger partial charge in [0, 0.05) is 17.3 Å². The number of thioether (sulfide) groups is 1. The van der Waals surface area contributed by atoms with Crippen LogP contribution in [0.2, 0.25) is 0 Å². The minimum Gasteiger partial charge on any atom is -0.481 e. The molecule has 12 heavy (non-hydrogen) atoms. The van der Waals surface area contributed by atoms with Crippen LogP contribution in [0.5, 0.6) is 0 Å². The monoisotopic (exact) mass is 208 g/mol. The summed E-state index contributed by atoms with van der Waals surface area (Å²) in [7, 11) is 0.294. The Hall–Kier alpha value is 0.170. The van der Waals surface area contributed by atoms with Gasteiger partial charge in [0.15, 0.2) is 0 Å². The largest absolute Gasteiger partial charge is 0.481 e. The van der Waals surface area contributed by atoms with Gasteiger partial charge < -0.3 is 5.11 Å². The molecule has 1 aliphatic rings. The molecule has 4 heteroatoms. The number of hydrogen-bond donors (Lipinski definition) is 2. The third-order valence-electron chi connectivity index (χ3n) is 1.94. The number of carboxylic acid groups (broad SMARTS) is 1. The number of carbonyl (C=O) groups is 1. The molecule has 0 bridgehead atoms. The summed E-state index contributed by atoms with van der Waals surface area (Å²) in [6, 6.07) is 0. The summed E-state index contributed by atoms with van der Waals surface area (Å²) in [4.78, 5) is 10.2. The molecule has 0 amide bonds. The van der Waals surface area contributed by atoms with Crippen LogP contribution in [0, 0.1) is 0 Å². The summed E-state index contributed by atoms with van der Waals surface area (Å²) in [5, 5.41) is 9.77. The fourth-order valence-electron chi connectivity index (χ4n) is 1.24. The van der Waals surface area contributed by atoms with Crippen molar-refractivity contribution >= 4 is 28.6 Å². The number of aliphatic carboxylic acids is 1. The number of carboxylic acids is 1. The van der Waals surface area contributed by atoms with Crippen molar-refractivity contribution < 1.29 is 9.90 Å². The Labute approximate surface area is 80.5 Å². The predicted molar refractivity (Wildman–Crippen MR) is 57.5 cm³/mol. The summed E-state index contributed by atoms with van der Waals surface area (Å²) in [5.41, 5.74) is 0. The molecular weight excluding hydrogens is 192 g/mol. The molecule has 0 radical (unpaired) electrons. The van der Waals surface area contributed by atoms with Gasteiger partial charge in [-0.3, -0.25) is 4.79 Å². The average molecular weight is 208 g/mol. The molecule has 1 atom stereocenters. The van der Waals surface area contributed by atoms with Gasteiger partial charge in [-0.2, -0.15) is 11.8 Å². The highest BCUT2D eigenvalue weighted by molar-refractivity contribution is 8.29. The lowest BCUT2D eigenvalue weighted by atomic mass is 10.3. The topological polar surface area (TPSA) is 37.3 Å². The van der Waals surface area contributed by atoms with Crippen molar-refractivity contribution in [3.05, 3.63) is 0 Å². The molecule has 0 aromatic rings. The van der Waals surface area contributed by atoms with Crippen LogP contribution >= 0.6 is 22.7 Å². The quantitative estimate of drug-likeness (QED) is 0.535. The van der Waals surface area contributed by atoms with Crippen molar-refractivity contribution in [2.24, 2.45) is 0 Å². The van der Waals surface area contributed by atoms with Crippen LogP contribution in [-0.4, -0.2) is 33.4 Å². The molecule has 1 rings (SSSR count). The highest BCUT2D eigenvalue weighted by Gasteiger charge is 2.10. The molecule has 2 nitrogen and oxygen atoms in total. The summed E-state index contributed by atoms with van der Waals surface area (Å²) >= 11 is 2.06. The molecule has 1 aliphatic heterocycles. The molecule has 1 fully saturated rings. The fourth-order valence-corrected chi connectivity index (χ4v) is 6.27. The van der Waals surface area contributed by atoms with Crippen LogP contribution in [0.15, 0.2) is 0 Å². The van der Waals surface area contributed by atoms with E-state index in [4.69, 9.17) is 5.11 Å². The van der Waals surface area contributed by atoms with Gasteiger partial charge in [0.2, 0.25) is 0 Å². The highest BCUT2D eigenvalue weighted by Crippen LogP contribution is 2.38. The van der Waals surface area contributed by atoms with Gasteiger partial charge in [-0.05, 0) is 24.3 Å². The van der Waals surface area contributed by atoms with Gasteiger partial charge in [0.1, 0.15) is 0 Å². The number of thiol groups is 1. The van der Waals surface area contributed by atoms with E-state index in [1.807, 2.05) is 0 Å². The molecule has 0 saturated carbocycles. The second-order valence-corrected chi connectivity index (χ2v) is 7.09. The summed E-state index contributed by atoms with van der Waals surface area (Å²) in [6.07, 6.45) is 2.35. The molecule has 1 N–H and O–H groups in total. The van der Waals surface area contributed by atoms with E-state index in [9.17, 15) is 4.79 Å². The third kappa shape index (κ3) is 4.26. The van der Waals surface area contributed by atoms with E-state index < -0.39 is 5.97 Å². The maximum atomic E-state index is 10.2. The van der Waals surface area contributed by atoms with E-state index in [-0.39, 0.29) is 0 Å². The Bertz CT molecular complexity index is 144. The molecule has 1 saturated heterocycles. The zero-order chi connectivity index (χ0) is 8.81. The number of hydrogen-bond acceptors (Lipinski definition) is 2. The van der Waals surface area contributed by atoms with Crippen molar-refractivity contribution in [3.63, 3.8) is 0 Å². The lowest BCUT2D eigenvalue weighted by Crippen LogP contribution is -1.96. The minimum atomic E-state index is -0.649. The minimum absolute atomic E-state index is 0.294. The Balaban J connectivity index is 1.91. The molecule has 0 aromatic heterocycles. The Morgan fingerprint density at radius 2 is 2.33 bits per heavy atom. The Morgan fingerprint density at radius 1 is 1.50 bits per heavy atom. The molecule has 0 aliphatic carbocycles. The van der Waals surface area contributed by atoms with E-state index in [2.05, 4.69) is 11.8 Å². The van der Waals surface area contributed by atoms with E-state index in [1.165, 1.54) is 22.3 Å². The van der Waals surface area contributed by atoms with Gasteiger partial charge >= 0.3 is 5.97 Å². The molecule has 1 heterocycles. The van der Waals surface area contributed by atoms with Gasteiger partial charge in [-0.15, -0.1) is 0 Å². The first-order chi connectivity index (χ1) is 5.79. The van der Waals surface area contributed by atoms with Crippen molar-refractivity contribution in [2.45, 2.75) is 19.3 Å². The summed E-state index contributed by atoms with van der Waals surface area (Å²) in [5.74, 6) is 3.40. The van der Waals surface area contributed by atoms with Gasteiger partial charge in [-0.1, -0.05) is 0 Å². The summed E-state index contributed by atoms with van der Waals surface area (Å²) < 4.78 is 0. The smallest absolute Gasteiger partial charge is 0.303 e. The predicted octanol–water partition coefficient (Wildman–Crippen LogP) is 1.95. The maximum absolute atomic E-state index is 10.2. The maximum Gasteiger partial charge on any atom is 0.303 e. The zero-order valence-corrected chi connectivity index (χ0v) is 8.87.